The molecule has 1 heterocycles. The van der Waals surface area contributed by atoms with Gasteiger partial charge < -0.3 is 10.7 Å². The van der Waals surface area contributed by atoms with Gasteiger partial charge in [-0.05, 0) is 20.8 Å². The number of nitrogens with zero attached hydrogens (tertiary/aromatic N) is 1. The molecule has 6 nitrogen and oxygen atoms in total. The maximum atomic E-state index is 11.7. The number of aromatic amines is 1. The second-order valence-electron chi connectivity index (χ2n) is 4.15. The highest BCUT2D eigenvalue weighted by atomic mass is 32.2. The minimum atomic E-state index is -3.52. The van der Waals surface area contributed by atoms with Crippen molar-refractivity contribution in [2.75, 3.05) is 6.54 Å². The van der Waals surface area contributed by atoms with Crippen molar-refractivity contribution in [2.24, 2.45) is 5.73 Å². The molecule has 0 aliphatic rings. The van der Waals surface area contributed by atoms with E-state index in [1.54, 1.807) is 20.8 Å². The predicted octanol–water partition coefficient (Wildman–Crippen LogP) is -0.266. The van der Waals surface area contributed by atoms with Crippen LogP contribution in [0.2, 0.25) is 0 Å². The number of nitrogens with one attached hydrogen (secondary N) is 2. The van der Waals surface area contributed by atoms with Gasteiger partial charge in [0, 0.05) is 12.1 Å². The average Bonchev–Trinajstić information content (AvgIpc) is 2.48. The number of nitrogens with two attached hydrogens (primary N) is 1. The van der Waals surface area contributed by atoms with Crippen molar-refractivity contribution in [2.45, 2.75) is 31.3 Å². The van der Waals surface area contributed by atoms with Crippen molar-refractivity contribution in [3.8, 4) is 0 Å². The number of sulfonamides is 1. The van der Waals surface area contributed by atoms with Crippen molar-refractivity contribution >= 4 is 10.0 Å². The van der Waals surface area contributed by atoms with E-state index in [-0.39, 0.29) is 11.6 Å². The van der Waals surface area contributed by atoms with Crippen molar-refractivity contribution in [3.05, 3.63) is 12.0 Å². The highest BCUT2D eigenvalue weighted by Crippen LogP contribution is 2.05. The van der Waals surface area contributed by atoms with E-state index in [0.29, 0.717) is 5.82 Å². The molecular formula is C8H16N4O2S. The molecule has 0 saturated carbocycles. The molecule has 86 valence electrons. The Morgan fingerprint density at radius 2 is 2.20 bits per heavy atom. The summed E-state index contributed by atoms with van der Waals surface area (Å²) in [7, 11) is -3.52. The van der Waals surface area contributed by atoms with Gasteiger partial charge >= 0.3 is 0 Å². The average molecular weight is 232 g/mol. The zero-order valence-corrected chi connectivity index (χ0v) is 9.85. The zero-order chi connectivity index (χ0) is 11.7. The molecule has 0 aromatic carbocycles. The van der Waals surface area contributed by atoms with Crippen LogP contribution in [0.15, 0.2) is 11.2 Å². The minimum Gasteiger partial charge on any atom is -0.332 e. The second kappa shape index (κ2) is 3.92. The van der Waals surface area contributed by atoms with Gasteiger partial charge in [0.05, 0.1) is 6.20 Å². The normalized spacial score (nSPS) is 13.1. The molecular weight excluding hydrogens is 216 g/mol. The van der Waals surface area contributed by atoms with Gasteiger partial charge in [-0.3, -0.25) is 0 Å². The number of aromatic nitrogens is 2. The lowest BCUT2D eigenvalue weighted by Crippen LogP contribution is -2.45. The Morgan fingerprint density at radius 1 is 1.60 bits per heavy atom. The van der Waals surface area contributed by atoms with E-state index in [0.717, 1.165) is 0 Å². The molecule has 0 aliphatic carbocycles. The summed E-state index contributed by atoms with van der Waals surface area (Å²) in [5.74, 6) is 0.558. The molecule has 1 rings (SSSR count). The number of rotatable bonds is 4. The number of H-pyrrole nitrogens is 1. The quantitative estimate of drug-likeness (QED) is 0.665. The molecule has 0 aliphatic heterocycles. The SMILES string of the molecule is Cc1ncc(S(=O)(=O)NCC(C)(C)N)[nH]1. The lowest BCUT2D eigenvalue weighted by molar-refractivity contribution is 0.497. The van der Waals surface area contributed by atoms with Crippen molar-refractivity contribution in [1.29, 1.82) is 0 Å². The molecule has 0 atom stereocenters. The smallest absolute Gasteiger partial charge is 0.257 e. The zero-order valence-electron chi connectivity index (χ0n) is 9.03. The van der Waals surface area contributed by atoms with E-state index in [2.05, 4.69) is 14.7 Å². The van der Waals surface area contributed by atoms with Crippen LogP contribution < -0.4 is 10.5 Å². The molecule has 0 saturated heterocycles. The van der Waals surface area contributed by atoms with Gasteiger partial charge in [0.25, 0.3) is 10.0 Å². The molecule has 7 heteroatoms. The molecule has 1 aromatic rings. The fourth-order valence-corrected chi connectivity index (χ4v) is 2.08. The van der Waals surface area contributed by atoms with Crippen molar-refractivity contribution in [3.63, 3.8) is 0 Å². The molecule has 0 unspecified atom stereocenters. The lowest BCUT2D eigenvalue weighted by atomic mass is 10.1. The van der Waals surface area contributed by atoms with E-state index in [1.807, 2.05) is 0 Å². The molecule has 4 N–H and O–H groups in total. The van der Waals surface area contributed by atoms with Gasteiger partial charge in [-0.15, -0.1) is 0 Å². The van der Waals surface area contributed by atoms with Gasteiger partial charge in [-0.2, -0.15) is 0 Å². The third kappa shape index (κ3) is 3.61. The Bertz CT molecular complexity index is 430. The van der Waals surface area contributed by atoms with E-state index in [9.17, 15) is 8.42 Å². The third-order valence-corrected chi connectivity index (χ3v) is 3.00. The summed E-state index contributed by atoms with van der Waals surface area (Å²) in [6.45, 7) is 5.35. The van der Waals surface area contributed by atoms with Gasteiger partial charge in [0.2, 0.25) is 0 Å². The van der Waals surface area contributed by atoms with Gasteiger partial charge in [0.1, 0.15) is 5.82 Å². The van der Waals surface area contributed by atoms with Crippen molar-refractivity contribution < 1.29 is 8.42 Å². The number of hydrogen-bond donors (Lipinski definition) is 3. The van der Waals surface area contributed by atoms with Crippen LogP contribution >= 0.6 is 0 Å². The standard InChI is InChI=1S/C8H16N4O2S/c1-6-10-4-7(12-6)15(13,14)11-5-8(2,3)9/h4,11H,5,9H2,1-3H3,(H,10,12). The summed E-state index contributed by atoms with van der Waals surface area (Å²) in [4.78, 5) is 6.47. The highest BCUT2D eigenvalue weighted by Gasteiger charge is 2.20. The fourth-order valence-electron chi connectivity index (χ4n) is 0.894. The summed E-state index contributed by atoms with van der Waals surface area (Å²) in [6.07, 6.45) is 1.28. The molecule has 0 fully saturated rings. The summed E-state index contributed by atoms with van der Waals surface area (Å²) >= 11 is 0. The Balaban J connectivity index is 2.77. The number of imidazole rings is 1. The van der Waals surface area contributed by atoms with E-state index < -0.39 is 15.6 Å². The molecule has 0 spiro atoms. The van der Waals surface area contributed by atoms with E-state index in [4.69, 9.17) is 5.73 Å². The molecule has 0 radical (unpaired) electrons. The third-order valence-electron chi connectivity index (χ3n) is 1.69. The predicted molar refractivity (Wildman–Crippen MR) is 56.8 cm³/mol. The highest BCUT2D eigenvalue weighted by molar-refractivity contribution is 7.89. The molecule has 1 aromatic heterocycles. The van der Waals surface area contributed by atoms with Crippen LogP contribution in [-0.2, 0) is 10.0 Å². The van der Waals surface area contributed by atoms with Crippen LogP contribution in [0, 0.1) is 6.92 Å². The maximum Gasteiger partial charge on any atom is 0.257 e. The Labute approximate surface area is 89.3 Å². The summed E-state index contributed by atoms with van der Waals surface area (Å²) in [5.41, 5.74) is 5.09. The Hall–Kier alpha value is -0.920. The monoisotopic (exact) mass is 232 g/mol. The van der Waals surface area contributed by atoms with Crippen LogP contribution in [0.4, 0.5) is 0 Å². The van der Waals surface area contributed by atoms with Crippen LogP contribution in [0.25, 0.3) is 0 Å². The first-order chi connectivity index (χ1) is 6.71. The van der Waals surface area contributed by atoms with Gasteiger partial charge in [-0.1, -0.05) is 0 Å². The van der Waals surface area contributed by atoms with E-state index in [1.165, 1.54) is 6.20 Å². The second-order valence-corrected chi connectivity index (χ2v) is 5.88. The van der Waals surface area contributed by atoms with Crippen LogP contribution in [0.1, 0.15) is 19.7 Å². The number of hydrogen-bond acceptors (Lipinski definition) is 4. The largest absolute Gasteiger partial charge is 0.332 e. The first-order valence-corrected chi connectivity index (χ1v) is 5.99. The summed E-state index contributed by atoms with van der Waals surface area (Å²) in [6, 6.07) is 0. The summed E-state index contributed by atoms with van der Waals surface area (Å²) in [5, 5.41) is 0.0595. The minimum absolute atomic E-state index is 0.0595. The fraction of sp³-hybridized carbons (Fsp3) is 0.625. The summed E-state index contributed by atoms with van der Waals surface area (Å²) < 4.78 is 25.7. The molecule has 0 bridgehead atoms. The molecule has 0 amide bonds. The first kappa shape index (κ1) is 12.2. The van der Waals surface area contributed by atoms with E-state index >= 15 is 0 Å². The Kier molecular flexibility index (Phi) is 3.17. The van der Waals surface area contributed by atoms with Gasteiger partial charge in [-0.25, -0.2) is 18.1 Å². The van der Waals surface area contributed by atoms with Crippen LogP contribution in [-0.4, -0.2) is 30.5 Å². The Morgan fingerprint density at radius 3 is 2.60 bits per heavy atom. The topological polar surface area (TPSA) is 101 Å². The molecule has 15 heavy (non-hydrogen) atoms. The number of aryl methyl sites for hydroxylation is 1. The van der Waals surface area contributed by atoms with Crippen LogP contribution in [0.5, 0.6) is 0 Å². The van der Waals surface area contributed by atoms with Gasteiger partial charge in [0.15, 0.2) is 5.03 Å². The maximum absolute atomic E-state index is 11.7. The first-order valence-electron chi connectivity index (χ1n) is 4.51. The lowest BCUT2D eigenvalue weighted by Gasteiger charge is -2.18. The van der Waals surface area contributed by atoms with Crippen molar-refractivity contribution in [1.82, 2.24) is 14.7 Å². The van der Waals surface area contributed by atoms with Crippen LogP contribution in [0.3, 0.4) is 0 Å².